The number of nitrogens with one attached hydrogen (secondary N) is 1. The number of unbranched alkanes of at least 4 members (excludes halogenated alkanes) is 1. The van der Waals surface area contributed by atoms with Crippen molar-refractivity contribution >= 4 is 23.4 Å². The summed E-state index contributed by atoms with van der Waals surface area (Å²) in [7, 11) is 1.66. The number of anilines is 1. The number of likely N-dealkylation sites (tertiary alicyclic amines) is 1. The third kappa shape index (κ3) is 6.86. The number of hydrogen-bond acceptors (Lipinski definition) is 4. The minimum Gasteiger partial charge on any atom is -0.351 e. The van der Waals surface area contributed by atoms with Crippen LogP contribution in [0.3, 0.4) is 0 Å². The molecule has 7 nitrogen and oxygen atoms in total. The molecule has 2 heterocycles. The summed E-state index contributed by atoms with van der Waals surface area (Å²) >= 11 is 0. The highest BCUT2D eigenvalue weighted by atomic mass is 16.2. The molecule has 0 bridgehead atoms. The summed E-state index contributed by atoms with van der Waals surface area (Å²) in [6.07, 6.45) is 6.83. The fourth-order valence-corrected chi connectivity index (χ4v) is 5.18. The Kier molecular flexibility index (Phi) is 9.12. The van der Waals surface area contributed by atoms with Crippen molar-refractivity contribution in [3.8, 4) is 0 Å². The Bertz CT molecular complexity index is 1110. The fraction of sp³-hybridized carbons (Fsp3) is 0.433. The van der Waals surface area contributed by atoms with E-state index in [0.717, 1.165) is 38.9 Å². The van der Waals surface area contributed by atoms with Gasteiger partial charge in [-0.2, -0.15) is 0 Å². The van der Waals surface area contributed by atoms with Gasteiger partial charge in [0, 0.05) is 32.2 Å². The van der Waals surface area contributed by atoms with Crippen LogP contribution in [0.5, 0.6) is 0 Å². The molecule has 4 rings (SSSR count). The Morgan fingerprint density at radius 3 is 2.57 bits per heavy atom. The van der Waals surface area contributed by atoms with Gasteiger partial charge in [0.15, 0.2) is 0 Å². The van der Waals surface area contributed by atoms with Gasteiger partial charge in [0.05, 0.1) is 11.3 Å². The number of carbonyl (C=O) groups excluding carboxylic acids is 3. The lowest BCUT2D eigenvalue weighted by Crippen LogP contribution is -2.40. The molecule has 2 aliphatic heterocycles. The van der Waals surface area contributed by atoms with Gasteiger partial charge in [-0.05, 0) is 74.9 Å². The van der Waals surface area contributed by atoms with Gasteiger partial charge < -0.3 is 20.0 Å². The van der Waals surface area contributed by atoms with Crippen LogP contribution in [0.25, 0.3) is 0 Å². The first-order chi connectivity index (χ1) is 18.0. The van der Waals surface area contributed by atoms with Crippen LogP contribution in [0.2, 0.25) is 0 Å². The van der Waals surface area contributed by atoms with Gasteiger partial charge in [-0.25, -0.2) is 0 Å². The smallest absolute Gasteiger partial charge is 0.256 e. The summed E-state index contributed by atoms with van der Waals surface area (Å²) in [4.78, 5) is 44.2. The molecule has 1 N–H and O–H groups in total. The van der Waals surface area contributed by atoms with E-state index in [0.29, 0.717) is 35.8 Å². The zero-order valence-electron chi connectivity index (χ0n) is 21.8. The summed E-state index contributed by atoms with van der Waals surface area (Å²) < 4.78 is 0. The van der Waals surface area contributed by atoms with E-state index in [1.165, 1.54) is 23.3 Å². The minimum absolute atomic E-state index is 0.0325. The molecule has 3 amide bonds. The number of nitrogens with zero attached hydrogens (tertiary/aromatic N) is 3. The van der Waals surface area contributed by atoms with Gasteiger partial charge >= 0.3 is 0 Å². The first-order valence-corrected chi connectivity index (χ1v) is 13.3. The van der Waals surface area contributed by atoms with Gasteiger partial charge in [0.2, 0.25) is 5.91 Å². The Morgan fingerprint density at radius 2 is 1.84 bits per heavy atom. The molecule has 0 saturated carbocycles. The normalized spacial score (nSPS) is 16.9. The average Bonchev–Trinajstić information content (AvgIpc) is 3.00. The van der Waals surface area contributed by atoms with E-state index in [9.17, 15) is 14.4 Å². The molecule has 0 unspecified atom stereocenters. The maximum absolute atomic E-state index is 13.1. The molecule has 37 heavy (non-hydrogen) atoms. The van der Waals surface area contributed by atoms with Crippen LogP contribution in [0.15, 0.2) is 61.2 Å². The third-order valence-electron chi connectivity index (χ3n) is 7.46. The molecule has 2 aromatic rings. The number of piperidine rings is 1. The molecule has 0 radical (unpaired) electrons. The van der Waals surface area contributed by atoms with Gasteiger partial charge in [-0.15, -0.1) is 6.58 Å². The topological polar surface area (TPSA) is 73.0 Å². The lowest BCUT2D eigenvalue weighted by molar-refractivity contribution is -0.118. The lowest BCUT2D eigenvalue weighted by Gasteiger charge is -2.32. The standard InChI is InChI=1S/C30H38N4O3/c1-3-4-8-16-34-22-28(35)32(2)27-21-25(11-12-26(27)30(34)37)29(36)31-15-19-33-17-13-24(14-18-33)20-23-9-6-5-7-10-23/h3,5-7,9-12,21,24H,1,4,8,13-20,22H2,2H3,(H,31,36). The number of fused-ring (bicyclic) bond motifs is 1. The molecular formula is C30H38N4O3. The monoisotopic (exact) mass is 502 g/mol. The van der Waals surface area contributed by atoms with Crippen LogP contribution < -0.4 is 10.2 Å². The second kappa shape index (κ2) is 12.7. The number of carbonyl (C=O) groups is 3. The zero-order chi connectivity index (χ0) is 26.2. The van der Waals surface area contributed by atoms with Crippen molar-refractivity contribution < 1.29 is 14.4 Å². The number of likely N-dealkylation sites (N-methyl/N-ethyl adjacent to an activating group) is 1. The van der Waals surface area contributed by atoms with Gasteiger partial charge in [-0.3, -0.25) is 14.4 Å². The first-order valence-electron chi connectivity index (χ1n) is 13.3. The van der Waals surface area contributed by atoms with E-state index in [1.807, 2.05) is 6.08 Å². The maximum Gasteiger partial charge on any atom is 0.256 e. The summed E-state index contributed by atoms with van der Waals surface area (Å²) in [5.41, 5.74) is 2.78. The molecule has 0 aliphatic carbocycles. The number of rotatable bonds is 10. The van der Waals surface area contributed by atoms with E-state index < -0.39 is 0 Å². The summed E-state index contributed by atoms with van der Waals surface area (Å²) in [5, 5.41) is 3.01. The highest BCUT2D eigenvalue weighted by Gasteiger charge is 2.30. The molecule has 2 aliphatic rings. The van der Waals surface area contributed by atoms with E-state index in [4.69, 9.17) is 0 Å². The predicted octanol–water partition coefficient (Wildman–Crippen LogP) is 3.76. The average molecular weight is 503 g/mol. The Morgan fingerprint density at radius 1 is 1.08 bits per heavy atom. The van der Waals surface area contributed by atoms with Crippen molar-refractivity contribution in [3.63, 3.8) is 0 Å². The first kappa shape index (κ1) is 26.6. The molecule has 0 atom stereocenters. The van der Waals surface area contributed by atoms with E-state index in [1.54, 1.807) is 30.1 Å². The number of benzene rings is 2. The number of allylic oxidation sites excluding steroid dienone is 1. The second-order valence-electron chi connectivity index (χ2n) is 10.1. The van der Waals surface area contributed by atoms with Crippen LogP contribution in [-0.2, 0) is 11.2 Å². The number of amides is 3. The SMILES string of the molecule is C=CCCCN1CC(=O)N(C)c2cc(C(=O)NCCN3CCC(Cc4ccccc4)CC3)ccc2C1=O. The van der Waals surface area contributed by atoms with Gasteiger partial charge in [0.25, 0.3) is 11.8 Å². The Labute approximate surface area is 220 Å². The summed E-state index contributed by atoms with van der Waals surface area (Å²) in [6, 6.07) is 15.7. The van der Waals surface area contributed by atoms with Crippen molar-refractivity contribution in [2.75, 3.05) is 51.2 Å². The van der Waals surface area contributed by atoms with Crippen molar-refractivity contribution in [2.24, 2.45) is 5.92 Å². The third-order valence-corrected chi connectivity index (χ3v) is 7.46. The molecule has 2 aromatic carbocycles. The second-order valence-corrected chi connectivity index (χ2v) is 10.1. The Hall–Kier alpha value is -3.45. The van der Waals surface area contributed by atoms with Gasteiger partial charge in [0.1, 0.15) is 6.54 Å². The van der Waals surface area contributed by atoms with Crippen molar-refractivity contribution in [1.29, 1.82) is 0 Å². The van der Waals surface area contributed by atoms with Crippen molar-refractivity contribution in [3.05, 3.63) is 77.9 Å². The Balaban J connectivity index is 1.29. The molecule has 0 aromatic heterocycles. The van der Waals surface area contributed by atoms with Crippen LogP contribution >= 0.6 is 0 Å². The minimum atomic E-state index is -0.192. The molecular weight excluding hydrogens is 464 g/mol. The van der Waals surface area contributed by atoms with Crippen LogP contribution in [0, 0.1) is 5.92 Å². The van der Waals surface area contributed by atoms with Crippen LogP contribution in [0.4, 0.5) is 5.69 Å². The lowest BCUT2D eigenvalue weighted by atomic mass is 9.90. The highest BCUT2D eigenvalue weighted by molar-refractivity contribution is 6.10. The maximum atomic E-state index is 13.1. The van der Waals surface area contributed by atoms with Crippen LogP contribution in [-0.4, -0.2) is 73.8 Å². The predicted molar refractivity (Wildman–Crippen MR) is 147 cm³/mol. The summed E-state index contributed by atoms with van der Waals surface area (Å²) in [5.74, 6) is 0.175. The van der Waals surface area contributed by atoms with E-state index in [-0.39, 0.29) is 24.3 Å². The number of hydrogen-bond donors (Lipinski definition) is 1. The molecule has 0 spiro atoms. The van der Waals surface area contributed by atoms with Crippen molar-refractivity contribution in [1.82, 2.24) is 15.1 Å². The highest BCUT2D eigenvalue weighted by Crippen LogP contribution is 2.27. The molecule has 7 heteroatoms. The molecule has 1 fully saturated rings. The quantitative estimate of drug-likeness (QED) is 0.397. The zero-order valence-corrected chi connectivity index (χ0v) is 21.8. The largest absolute Gasteiger partial charge is 0.351 e. The summed E-state index contributed by atoms with van der Waals surface area (Å²) in [6.45, 7) is 7.71. The van der Waals surface area contributed by atoms with Crippen molar-refractivity contribution in [2.45, 2.75) is 32.1 Å². The fourth-order valence-electron chi connectivity index (χ4n) is 5.18. The van der Waals surface area contributed by atoms with Crippen LogP contribution in [0.1, 0.15) is 52.0 Å². The van der Waals surface area contributed by atoms with E-state index >= 15 is 0 Å². The molecule has 196 valence electrons. The molecule has 1 saturated heterocycles. The van der Waals surface area contributed by atoms with Gasteiger partial charge in [-0.1, -0.05) is 36.4 Å². The van der Waals surface area contributed by atoms with E-state index in [2.05, 4.69) is 47.1 Å².